The van der Waals surface area contributed by atoms with Crippen LogP contribution in [-0.4, -0.2) is 6.54 Å². The summed E-state index contributed by atoms with van der Waals surface area (Å²) in [6, 6.07) is 12.6. The summed E-state index contributed by atoms with van der Waals surface area (Å²) in [5.74, 6) is 0. The minimum Gasteiger partial charge on any atom is -0.330 e. The van der Waals surface area contributed by atoms with Crippen molar-refractivity contribution < 1.29 is 0 Å². The van der Waals surface area contributed by atoms with E-state index in [1.165, 1.54) is 20.9 Å². The summed E-state index contributed by atoms with van der Waals surface area (Å²) in [5, 5.41) is 0.806. The molecule has 0 saturated heterocycles. The van der Waals surface area contributed by atoms with E-state index in [1.807, 2.05) is 12.1 Å². The monoisotopic (exact) mass is 291 g/mol. The lowest BCUT2D eigenvalue weighted by molar-refractivity contribution is 0.944. The van der Waals surface area contributed by atoms with Crippen molar-refractivity contribution in [3.05, 3.63) is 58.1 Å². The van der Waals surface area contributed by atoms with E-state index in [2.05, 4.69) is 38.1 Å². The predicted molar refractivity (Wildman–Crippen MR) is 84.2 cm³/mol. The molecule has 0 aliphatic heterocycles. The zero-order chi connectivity index (χ0) is 13.8. The summed E-state index contributed by atoms with van der Waals surface area (Å²) < 4.78 is 0. The highest BCUT2D eigenvalue weighted by Crippen LogP contribution is 2.35. The topological polar surface area (TPSA) is 26.0 Å². The van der Waals surface area contributed by atoms with E-state index in [0.29, 0.717) is 6.54 Å². The third-order valence-electron chi connectivity index (χ3n) is 3.03. The number of hydrogen-bond acceptors (Lipinski definition) is 2. The van der Waals surface area contributed by atoms with Crippen LogP contribution in [0.5, 0.6) is 0 Å². The van der Waals surface area contributed by atoms with Crippen molar-refractivity contribution in [3.8, 4) is 0 Å². The normalized spacial score (nSPS) is 10.7. The lowest BCUT2D eigenvalue weighted by Gasteiger charge is -2.12. The Morgan fingerprint density at radius 3 is 2.63 bits per heavy atom. The van der Waals surface area contributed by atoms with Gasteiger partial charge in [-0.1, -0.05) is 41.6 Å². The van der Waals surface area contributed by atoms with Crippen molar-refractivity contribution >= 4 is 23.4 Å². The molecule has 0 bridgehead atoms. The lowest BCUT2D eigenvalue weighted by atomic mass is 10.1. The maximum Gasteiger partial charge on any atom is 0.0449 e. The SMILES string of the molecule is Cc1ccc(C)c(Sc2cccc(Cl)c2CCN)c1. The molecule has 0 aromatic heterocycles. The first-order valence-electron chi connectivity index (χ1n) is 6.34. The Hall–Kier alpha value is -0.960. The van der Waals surface area contributed by atoms with Crippen molar-refractivity contribution in [2.45, 2.75) is 30.1 Å². The van der Waals surface area contributed by atoms with Crippen molar-refractivity contribution in [3.63, 3.8) is 0 Å². The molecule has 0 radical (unpaired) electrons. The number of benzene rings is 2. The fourth-order valence-corrected chi connectivity index (χ4v) is 3.47. The molecule has 3 heteroatoms. The van der Waals surface area contributed by atoms with Crippen molar-refractivity contribution in [1.29, 1.82) is 0 Å². The summed E-state index contributed by atoms with van der Waals surface area (Å²) in [6.45, 7) is 4.86. The van der Waals surface area contributed by atoms with Crippen LogP contribution in [0.4, 0.5) is 0 Å². The van der Waals surface area contributed by atoms with Gasteiger partial charge in [0.2, 0.25) is 0 Å². The van der Waals surface area contributed by atoms with Gasteiger partial charge >= 0.3 is 0 Å². The molecule has 0 fully saturated rings. The van der Waals surface area contributed by atoms with Crippen LogP contribution >= 0.6 is 23.4 Å². The Balaban J connectivity index is 2.37. The number of hydrogen-bond donors (Lipinski definition) is 1. The summed E-state index contributed by atoms with van der Waals surface area (Å²) in [4.78, 5) is 2.48. The van der Waals surface area contributed by atoms with E-state index < -0.39 is 0 Å². The van der Waals surface area contributed by atoms with Gasteiger partial charge in [0.05, 0.1) is 0 Å². The Bertz CT molecular complexity index is 581. The van der Waals surface area contributed by atoms with E-state index in [0.717, 1.165) is 17.0 Å². The fourth-order valence-electron chi connectivity index (χ4n) is 1.96. The smallest absolute Gasteiger partial charge is 0.0449 e. The molecule has 0 heterocycles. The molecule has 2 aromatic carbocycles. The van der Waals surface area contributed by atoms with E-state index in [1.54, 1.807) is 11.8 Å². The van der Waals surface area contributed by atoms with E-state index in [9.17, 15) is 0 Å². The maximum absolute atomic E-state index is 6.28. The molecule has 0 unspecified atom stereocenters. The average Bonchev–Trinajstić information content (AvgIpc) is 2.38. The number of halogens is 1. The Labute approximate surface area is 124 Å². The predicted octanol–water partition coefficient (Wildman–Crippen LogP) is 4.61. The Kier molecular flexibility index (Phi) is 4.92. The highest BCUT2D eigenvalue weighted by molar-refractivity contribution is 7.99. The van der Waals surface area contributed by atoms with Gasteiger partial charge in [0.1, 0.15) is 0 Å². The van der Waals surface area contributed by atoms with Crippen LogP contribution in [0, 0.1) is 13.8 Å². The zero-order valence-electron chi connectivity index (χ0n) is 11.2. The Morgan fingerprint density at radius 2 is 1.89 bits per heavy atom. The summed E-state index contributed by atoms with van der Waals surface area (Å²) in [6.07, 6.45) is 0.812. The highest BCUT2D eigenvalue weighted by Gasteiger charge is 2.09. The van der Waals surface area contributed by atoms with Crippen molar-refractivity contribution in [1.82, 2.24) is 0 Å². The van der Waals surface area contributed by atoms with E-state index in [-0.39, 0.29) is 0 Å². The minimum absolute atomic E-state index is 0.615. The van der Waals surface area contributed by atoms with Gasteiger partial charge in [-0.15, -0.1) is 0 Å². The van der Waals surface area contributed by atoms with Gasteiger partial charge in [-0.2, -0.15) is 0 Å². The van der Waals surface area contributed by atoms with Crippen LogP contribution in [0.1, 0.15) is 16.7 Å². The molecule has 0 aliphatic rings. The second kappa shape index (κ2) is 6.47. The summed E-state index contributed by atoms with van der Waals surface area (Å²) >= 11 is 8.05. The lowest BCUT2D eigenvalue weighted by Crippen LogP contribution is -2.04. The highest BCUT2D eigenvalue weighted by atomic mass is 35.5. The fraction of sp³-hybridized carbons (Fsp3) is 0.250. The van der Waals surface area contributed by atoms with Gasteiger partial charge in [-0.05, 0) is 61.7 Å². The molecule has 0 atom stereocenters. The first-order chi connectivity index (χ1) is 9.11. The van der Waals surface area contributed by atoms with E-state index in [4.69, 9.17) is 17.3 Å². The van der Waals surface area contributed by atoms with Crippen molar-refractivity contribution in [2.24, 2.45) is 5.73 Å². The molecular formula is C16H18ClNS. The molecule has 1 nitrogen and oxygen atoms in total. The molecule has 0 spiro atoms. The Morgan fingerprint density at radius 1 is 1.11 bits per heavy atom. The molecule has 2 rings (SSSR count). The third kappa shape index (κ3) is 3.53. The van der Waals surface area contributed by atoms with Gasteiger partial charge in [0.25, 0.3) is 0 Å². The van der Waals surface area contributed by atoms with Crippen LogP contribution in [0.3, 0.4) is 0 Å². The molecule has 100 valence electrons. The average molecular weight is 292 g/mol. The minimum atomic E-state index is 0.615. The van der Waals surface area contributed by atoms with Gasteiger partial charge in [0.15, 0.2) is 0 Å². The van der Waals surface area contributed by atoms with Crippen LogP contribution < -0.4 is 5.73 Å². The quantitative estimate of drug-likeness (QED) is 0.890. The van der Waals surface area contributed by atoms with Crippen molar-refractivity contribution in [2.75, 3.05) is 6.54 Å². The number of nitrogens with two attached hydrogens (primary N) is 1. The molecule has 2 N–H and O–H groups in total. The largest absolute Gasteiger partial charge is 0.330 e. The zero-order valence-corrected chi connectivity index (χ0v) is 12.8. The van der Waals surface area contributed by atoms with Gasteiger partial charge in [0, 0.05) is 14.8 Å². The van der Waals surface area contributed by atoms with E-state index >= 15 is 0 Å². The molecule has 0 aliphatic carbocycles. The van der Waals surface area contributed by atoms with Gasteiger partial charge in [-0.3, -0.25) is 0 Å². The number of rotatable bonds is 4. The molecular weight excluding hydrogens is 274 g/mol. The third-order valence-corrected chi connectivity index (χ3v) is 4.65. The maximum atomic E-state index is 6.28. The van der Waals surface area contributed by atoms with Crippen LogP contribution in [0.25, 0.3) is 0 Å². The molecule has 2 aromatic rings. The summed E-state index contributed by atoms with van der Waals surface area (Å²) in [5.41, 5.74) is 9.39. The second-order valence-electron chi connectivity index (χ2n) is 4.63. The molecule has 19 heavy (non-hydrogen) atoms. The molecule has 0 saturated carbocycles. The van der Waals surface area contributed by atoms with Crippen LogP contribution in [0.2, 0.25) is 5.02 Å². The summed E-state index contributed by atoms with van der Waals surface area (Å²) in [7, 11) is 0. The van der Waals surface area contributed by atoms with Crippen LogP contribution in [-0.2, 0) is 6.42 Å². The number of aryl methyl sites for hydroxylation is 2. The van der Waals surface area contributed by atoms with Gasteiger partial charge < -0.3 is 5.73 Å². The van der Waals surface area contributed by atoms with Gasteiger partial charge in [-0.25, -0.2) is 0 Å². The van der Waals surface area contributed by atoms with Crippen LogP contribution in [0.15, 0.2) is 46.2 Å². The second-order valence-corrected chi connectivity index (χ2v) is 6.12. The standard InChI is InChI=1S/C16H18ClNS/c1-11-6-7-12(2)16(10-11)19-15-5-3-4-14(17)13(15)8-9-18/h3-7,10H,8-9,18H2,1-2H3. The first-order valence-corrected chi connectivity index (χ1v) is 7.54. The first kappa shape index (κ1) is 14.4. The molecule has 0 amide bonds.